The average Bonchev–Trinajstić information content (AvgIpc) is 2.63. The standard InChI is InChI=1S/C19H24N2O6/c1-13(22)14-6-7-16-15(11-14)21(18(24)12-27-16)10-8-17(23)20-9-4-2-3-5-19(25)26/h6-7,11H,2-5,8-10,12H2,1H3,(H,20,23)(H,25,26). The van der Waals surface area contributed by atoms with Gasteiger partial charge in [-0.3, -0.25) is 19.2 Å². The Kier molecular flexibility index (Phi) is 7.34. The molecule has 0 radical (unpaired) electrons. The molecule has 1 aromatic rings. The van der Waals surface area contributed by atoms with Crippen LogP contribution in [0, 0.1) is 0 Å². The normalized spacial score (nSPS) is 12.9. The minimum Gasteiger partial charge on any atom is -0.482 e. The molecule has 1 aromatic carbocycles. The Bertz CT molecular complexity index is 731. The van der Waals surface area contributed by atoms with Crippen molar-refractivity contribution < 1.29 is 29.0 Å². The van der Waals surface area contributed by atoms with Gasteiger partial charge in [-0.15, -0.1) is 0 Å². The lowest BCUT2D eigenvalue weighted by atomic mass is 10.1. The van der Waals surface area contributed by atoms with E-state index in [4.69, 9.17) is 9.84 Å². The van der Waals surface area contributed by atoms with Crippen molar-refractivity contribution in [3.05, 3.63) is 23.8 Å². The predicted octanol–water partition coefficient (Wildman–Crippen LogP) is 1.77. The van der Waals surface area contributed by atoms with Crippen LogP contribution in [0.3, 0.4) is 0 Å². The van der Waals surface area contributed by atoms with E-state index >= 15 is 0 Å². The number of anilines is 1. The molecule has 1 heterocycles. The monoisotopic (exact) mass is 376 g/mol. The Labute approximate surface area is 157 Å². The highest BCUT2D eigenvalue weighted by atomic mass is 16.5. The molecule has 0 spiro atoms. The van der Waals surface area contributed by atoms with Crippen molar-refractivity contribution in [2.75, 3.05) is 24.6 Å². The summed E-state index contributed by atoms with van der Waals surface area (Å²) in [6.45, 7) is 2.01. The van der Waals surface area contributed by atoms with Crippen LogP contribution in [0.2, 0.25) is 0 Å². The van der Waals surface area contributed by atoms with Crippen LogP contribution in [0.1, 0.15) is 49.4 Å². The fourth-order valence-corrected chi connectivity index (χ4v) is 2.77. The number of hydrogen-bond donors (Lipinski definition) is 2. The molecule has 2 rings (SSSR count). The summed E-state index contributed by atoms with van der Waals surface area (Å²) in [4.78, 5) is 47.6. The van der Waals surface area contributed by atoms with E-state index in [1.165, 1.54) is 11.8 Å². The number of nitrogens with one attached hydrogen (secondary N) is 1. The molecule has 0 saturated carbocycles. The van der Waals surface area contributed by atoms with E-state index in [0.29, 0.717) is 36.4 Å². The number of carboxylic acids is 1. The molecule has 8 nitrogen and oxygen atoms in total. The molecular formula is C19H24N2O6. The van der Waals surface area contributed by atoms with Crippen LogP contribution in [0.4, 0.5) is 5.69 Å². The van der Waals surface area contributed by atoms with Crippen LogP contribution in [-0.4, -0.2) is 48.4 Å². The molecule has 146 valence electrons. The number of hydrogen-bond acceptors (Lipinski definition) is 5. The first-order chi connectivity index (χ1) is 12.9. The maximum absolute atomic E-state index is 12.2. The number of carboxylic acid groups (broad SMARTS) is 1. The number of fused-ring (bicyclic) bond motifs is 1. The number of Topliss-reactive ketones (excluding diaryl/α,β-unsaturated/α-hetero) is 1. The summed E-state index contributed by atoms with van der Waals surface area (Å²) in [7, 11) is 0. The second-order valence-electron chi connectivity index (χ2n) is 6.38. The number of carbonyl (C=O) groups is 4. The van der Waals surface area contributed by atoms with Crippen LogP contribution >= 0.6 is 0 Å². The van der Waals surface area contributed by atoms with Crippen LogP contribution in [0.5, 0.6) is 5.75 Å². The first-order valence-corrected chi connectivity index (χ1v) is 8.95. The fraction of sp³-hybridized carbons (Fsp3) is 0.474. The number of carbonyl (C=O) groups excluding carboxylic acids is 3. The van der Waals surface area contributed by atoms with Gasteiger partial charge in [-0.05, 0) is 38.0 Å². The molecule has 27 heavy (non-hydrogen) atoms. The van der Waals surface area contributed by atoms with Crippen LogP contribution in [-0.2, 0) is 14.4 Å². The van der Waals surface area contributed by atoms with E-state index in [9.17, 15) is 19.2 Å². The van der Waals surface area contributed by atoms with Crippen molar-refractivity contribution in [2.45, 2.75) is 39.0 Å². The molecule has 8 heteroatoms. The lowest BCUT2D eigenvalue weighted by Crippen LogP contribution is -2.41. The van der Waals surface area contributed by atoms with Gasteiger partial charge in [0.2, 0.25) is 5.91 Å². The Balaban J connectivity index is 1.84. The number of nitrogens with zero attached hydrogens (tertiary/aromatic N) is 1. The second kappa shape index (κ2) is 9.70. The number of amides is 2. The van der Waals surface area contributed by atoms with E-state index in [1.54, 1.807) is 18.2 Å². The maximum atomic E-state index is 12.2. The number of benzene rings is 1. The second-order valence-corrected chi connectivity index (χ2v) is 6.38. The van der Waals surface area contributed by atoms with Crippen LogP contribution < -0.4 is 15.0 Å². The van der Waals surface area contributed by atoms with Gasteiger partial charge >= 0.3 is 5.97 Å². The summed E-state index contributed by atoms with van der Waals surface area (Å²) in [6, 6.07) is 4.91. The summed E-state index contributed by atoms with van der Waals surface area (Å²) in [5.41, 5.74) is 0.975. The molecule has 0 aliphatic carbocycles. The molecular weight excluding hydrogens is 352 g/mol. The zero-order valence-corrected chi connectivity index (χ0v) is 15.3. The summed E-state index contributed by atoms with van der Waals surface area (Å²) in [5, 5.41) is 11.3. The highest BCUT2D eigenvalue weighted by molar-refractivity contribution is 6.01. The van der Waals surface area contributed by atoms with Crippen molar-refractivity contribution in [1.29, 1.82) is 0 Å². The smallest absolute Gasteiger partial charge is 0.303 e. The fourth-order valence-electron chi connectivity index (χ4n) is 2.77. The van der Waals surface area contributed by atoms with Crippen molar-refractivity contribution in [1.82, 2.24) is 5.32 Å². The average molecular weight is 376 g/mol. The van der Waals surface area contributed by atoms with Crippen LogP contribution in [0.15, 0.2) is 18.2 Å². The summed E-state index contributed by atoms with van der Waals surface area (Å²) in [5.74, 6) is -0.862. The Morgan fingerprint density at radius 3 is 2.67 bits per heavy atom. The van der Waals surface area contributed by atoms with Gasteiger partial charge in [-0.1, -0.05) is 6.42 Å². The van der Waals surface area contributed by atoms with E-state index in [-0.39, 0.29) is 43.6 Å². The molecule has 2 N–H and O–H groups in total. The lowest BCUT2D eigenvalue weighted by molar-refractivity contribution is -0.137. The SMILES string of the molecule is CC(=O)c1ccc2c(c1)N(CCC(=O)NCCCCCC(=O)O)C(=O)CO2. The molecule has 0 bridgehead atoms. The van der Waals surface area contributed by atoms with E-state index in [2.05, 4.69) is 5.32 Å². The van der Waals surface area contributed by atoms with Gasteiger partial charge in [0, 0.05) is 31.5 Å². The Morgan fingerprint density at radius 1 is 1.19 bits per heavy atom. The molecule has 2 amide bonds. The number of rotatable bonds is 10. The van der Waals surface area contributed by atoms with Crippen molar-refractivity contribution in [3.63, 3.8) is 0 Å². The molecule has 1 aliphatic heterocycles. The van der Waals surface area contributed by atoms with E-state index in [0.717, 1.165) is 6.42 Å². The summed E-state index contributed by atoms with van der Waals surface area (Å²) >= 11 is 0. The van der Waals surface area contributed by atoms with E-state index < -0.39 is 5.97 Å². The minimum atomic E-state index is -0.817. The largest absolute Gasteiger partial charge is 0.482 e. The molecule has 0 atom stereocenters. The van der Waals surface area contributed by atoms with Gasteiger partial charge in [0.15, 0.2) is 12.4 Å². The number of ketones is 1. The Morgan fingerprint density at radius 2 is 1.96 bits per heavy atom. The first kappa shape index (κ1) is 20.4. The zero-order valence-electron chi connectivity index (χ0n) is 15.3. The van der Waals surface area contributed by atoms with Gasteiger partial charge in [0.1, 0.15) is 5.75 Å². The first-order valence-electron chi connectivity index (χ1n) is 8.95. The van der Waals surface area contributed by atoms with Gasteiger partial charge in [0.05, 0.1) is 5.69 Å². The van der Waals surface area contributed by atoms with Gasteiger partial charge in [0.25, 0.3) is 5.91 Å². The topological polar surface area (TPSA) is 113 Å². The van der Waals surface area contributed by atoms with Crippen molar-refractivity contribution >= 4 is 29.3 Å². The van der Waals surface area contributed by atoms with Gasteiger partial charge in [-0.25, -0.2) is 0 Å². The third-order valence-electron chi connectivity index (χ3n) is 4.26. The maximum Gasteiger partial charge on any atom is 0.303 e. The molecule has 0 aromatic heterocycles. The van der Waals surface area contributed by atoms with E-state index in [1.807, 2.05) is 0 Å². The third kappa shape index (κ3) is 6.09. The highest BCUT2D eigenvalue weighted by Gasteiger charge is 2.26. The molecule has 0 unspecified atom stereocenters. The van der Waals surface area contributed by atoms with Crippen molar-refractivity contribution in [3.8, 4) is 5.75 Å². The van der Waals surface area contributed by atoms with Crippen molar-refractivity contribution in [2.24, 2.45) is 0 Å². The van der Waals surface area contributed by atoms with Gasteiger partial charge < -0.3 is 20.1 Å². The number of ether oxygens (including phenoxy) is 1. The lowest BCUT2D eigenvalue weighted by Gasteiger charge is -2.29. The molecule has 0 saturated heterocycles. The minimum absolute atomic E-state index is 0.0996. The molecule has 1 aliphatic rings. The Hall–Kier alpha value is -2.90. The van der Waals surface area contributed by atoms with Gasteiger partial charge in [-0.2, -0.15) is 0 Å². The highest BCUT2D eigenvalue weighted by Crippen LogP contribution is 2.33. The summed E-state index contributed by atoms with van der Waals surface area (Å²) < 4.78 is 5.38. The number of unbranched alkanes of at least 4 members (excludes halogenated alkanes) is 2. The predicted molar refractivity (Wildman–Crippen MR) is 98.0 cm³/mol. The summed E-state index contributed by atoms with van der Waals surface area (Å²) in [6.07, 6.45) is 2.29. The zero-order chi connectivity index (χ0) is 19.8. The van der Waals surface area contributed by atoms with Crippen LogP contribution in [0.25, 0.3) is 0 Å². The number of aliphatic carboxylic acids is 1. The quantitative estimate of drug-likeness (QED) is 0.475. The third-order valence-corrected chi connectivity index (χ3v) is 4.26. The molecule has 0 fully saturated rings.